The van der Waals surface area contributed by atoms with Crippen LogP contribution in [0.5, 0.6) is 0 Å². The Morgan fingerprint density at radius 3 is 1.92 bits per heavy atom. The second-order valence-electron chi connectivity index (χ2n) is 4.48. The van der Waals surface area contributed by atoms with Crippen molar-refractivity contribution in [3.05, 3.63) is 0 Å². The molecule has 2 atom stereocenters. The molecule has 0 aliphatic rings. The summed E-state index contributed by atoms with van der Waals surface area (Å²) < 4.78 is 5.52. The van der Waals surface area contributed by atoms with Crippen molar-refractivity contribution in [3.63, 3.8) is 0 Å². The summed E-state index contributed by atoms with van der Waals surface area (Å²) in [6, 6.07) is 0.274. The molecule has 2 nitrogen and oxygen atoms in total. The Morgan fingerprint density at radius 1 is 1.08 bits per heavy atom. The van der Waals surface area contributed by atoms with Crippen LogP contribution in [0, 0.1) is 11.8 Å². The number of nitrogens with two attached hydrogens (primary N) is 1. The Hall–Kier alpha value is -0.0800. The summed E-state index contributed by atoms with van der Waals surface area (Å²) >= 11 is 0. The van der Waals surface area contributed by atoms with Gasteiger partial charge in [-0.05, 0) is 39.0 Å². The first kappa shape index (κ1) is 12.9. The molecule has 0 aliphatic heterocycles. The van der Waals surface area contributed by atoms with Crippen LogP contribution < -0.4 is 5.73 Å². The number of ether oxygens (including phenoxy) is 1. The molecule has 2 heteroatoms. The largest absolute Gasteiger partial charge is 0.379 e. The van der Waals surface area contributed by atoms with Gasteiger partial charge in [-0.3, -0.25) is 0 Å². The topological polar surface area (TPSA) is 35.2 Å². The predicted molar refractivity (Wildman–Crippen MR) is 57.7 cm³/mol. The van der Waals surface area contributed by atoms with E-state index < -0.39 is 0 Å². The highest BCUT2D eigenvalue weighted by Gasteiger charge is 2.17. The van der Waals surface area contributed by atoms with Gasteiger partial charge in [0, 0.05) is 12.6 Å². The summed E-state index contributed by atoms with van der Waals surface area (Å²) in [5.74, 6) is 1.23. The van der Waals surface area contributed by atoms with E-state index in [1.54, 1.807) is 0 Å². The third-order valence-corrected chi connectivity index (χ3v) is 2.43. The molecule has 0 radical (unpaired) electrons. The molecule has 0 spiro atoms. The number of hydrogen-bond donors (Lipinski definition) is 1. The lowest BCUT2D eigenvalue weighted by atomic mass is 9.87. The second-order valence-corrected chi connectivity index (χ2v) is 4.48. The fourth-order valence-corrected chi connectivity index (χ4v) is 1.64. The summed E-state index contributed by atoms with van der Waals surface area (Å²) in [6.45, 7) is 11.5. The average molecular weight is 187 g/mol. The SMILES string of the molecule is CC(C)OCCC(C(C)C)C(C)N. The van der Waals surface area contributed by atoms with Gasteiger partial charge < -0.3 is 10.5 Å². The molecule has 0 fully saturated rings. The average Bonchev–Trinajstić information content (AvgIpc) is 1.95. The molecule has 2 N–H and O–H groups in total. The van der Waals surface area contributed by atoms with Gasteiger partial charge in [-0.2, -0.15) is 0 Å². The zero-order chi connectivity index (χ0) is 10.4. The molecule has 2 unspecified atom stereocenters. The molecule has 0 saturated heterocycles. The Morgan fingerprint density at radius 2 is 1.62 bits per heavy atom. The van der Waals surface area contributed by atoms with Crippen molar-refractivity contribution in [2.45, 2.75) is 53.2 Å². The second kappa shape index (κ2) is 6.39. The van der Waals surface area contributed by atoms with Gasteiger partial charge in [-0.1, -0.05) is 13.8 Å². The van der Waals surface area contributed by atoms with Crippen LogP contribution in [0.2, 0.25) is 0 Å². The van der Waals surface area contributed by atoms with Crippen molar-refractivity contribution in [2.75, 3.05) is 6.61 Å². The molecule has 0 rings (SSSR count). The van der Waals surface area contributed by atoms with E-state index in [0.717, 1.165) is 13.0 Å². The first-order valence-corrected chi connectivity index (χ1v) is 5.32. The fourth-order valence-electron chi connectivity index (χ4n) is 1.64. The van der Waals surface area contributed by atoms with E-state index in [1.807, 2.05) is 0 Å². The third-order valence-electron chi connectivity index (χ3n) is 2.43. The number of hydrogen-bond acceptors (Lipinski definition) is 2. The van der Waals surface area contributed by atoms with Gasteiger partial charge in [0.25, 0.3) is 0 Å². The van der Waals surface area contributed by atoms with Gasteiger partial charge in [0.1, 0.15) is 0 Å². The van der Waals surface area contributed by atoms with Crippen LogP contribution in [0.3, 0.4) is 0 Å². The minimum atomic E-state index is 0.274. The minimum Gasteiger partial charge on any atom is -0.379 e. The zero-order valence-corrected chi connectivity index (χ0v) is 9.71. The molecule has 0 bridgehead atoms. The van der Waals surface area contributed by atoms with Crippen molar-refractivity contribution in [1.82, 2.24) is 0 Å². The Kier molecular flexibility index (Phi) is 6.35. The molecular formula is C11H25NO. The summed E-state index contributed by atoms with van der Waals surface area (Å²) in [4.78, 5) is 0. The predicted octanol–water partition coefficient (Wildman–Crippen LogP) is 2.42. The summed E-state index contributed by atoms with van der Waals surface area (Å²) in [5.41, 5.74) is 5.90. The Bertz CT molecular complexity index is 113. The van der Waals surface area contributed by atoms with Crippen molar-refractivity contribution in [2.24, 2.45) is 17.6 Å². The minimum absolute atomic E-state index is 0.274. The first-order chi connectivity index (χ1) is 5.95. The molecule has 0 aliphatic carbocycles. The normalized spacial score (nSPS) is 16.6. The maximum atomic E-state index is 5.90. The van der Waals surface area contributed by atoms with E-state index in [2.05, 4.69) is 34.6 Å². The van der Waals surface area contributed by atoms with E-state index in [-0.39, 0.29) is 6.04 Å². The van der Waals surface area contributed by atoms with E-state index >= 15 is 0 Å². The lowest BCUT2D eigenvalue weighted by Gasteiger charge is -2.24. The lowest BCUT2D eigenvalue weighted by Crippen LogP contribution is -2.31. The molecule has 80 valence electrons. The Balaban J connectivity index is 3.70. The third kappa shape index (κ3) is 6.05. The van der Waals surface area contributed by atoms with Crippen LogP contribution in [0.4, 0.5) is 0 Å². The molecule has 0 amide bonds. The molecule has 0 saturated carbocycles. The van der Waals surface area contributed by atoms with E-state index in [0.29, 0.717) is 17.9 Å². The highest BCUT2D eigenvalue weighted by atomic mass is 16.5. The van der Waals surface area contributed by atoms with Crippen LogP contribution in [0.15, 0.2) is 0 Å². The molecular weight excluding hydrogens is 162 g/mol. The maximum Gasteiger partial charge on any atom is 0.0518 e. The molecule has 13 heavy (non-hydrogen) atoms. The summed E-state index contributed by atoms with van der Waals surface area (Å²) in [5, 5.41) is 0. The maximum absolute atomic E-state index is 5.90. The van der Waals surface area contributed by atoms with E-state index in [1.165, 1.54) is 0 Å². The zero-order valence-electron chi connectivity index (χ0n) is 9.71. The quantitative estimate of drug-likeness (QED) is 0.693. The van der Waals surface area contributed by atoms with Crippen LogP contribution in [-0.4, -0.2) is 18.8 Å². The fraction of sp³-hybridized carbons (Fsp3) is 1.00. The summed E-state index contributed by atoms with van der Waals surface area (Å²) in [6.07, 6.45) is 1.41. The highest BCUT2D eigenvalue weighted by molar-refractivity contribution is 4.71. The molecule has 0 aromatic carbocycles. The van der Waals surface area contributed by atoms with Crippen molar-refractivity contribution in [1.29, 1.82) is 0 Å². The highest BCUT2D eigenvalue weighted by Crippen LogP contribution is 2.18. The van der Waals surface area contributed by atoms with E-state index in [4.69, 9.17) is 10.5 Å². The van der Waals surface area contributed by atoms with Crippen molar-refractivity contribution in [3.8, 4) is 0 Å². The van der Waals surface area contributed by atoms with Crippen LogP contribution in [-0.2, 0) is 4.74 Å². The van der Waals surface area contributed by atoms with Crippen LogP contribution in [0.1, 0.15) is 41.0 Å². The standard InChI is InChI=1S/C11H25NO/c1-8(2)11(10(5)12)6-7-13-9(3)4/h8-11H,6-7,12H2,1-5H3. The van der Waals surface area contributed by atoms with Crippen molar-refractivity contribution >= 4 is 0 Å². The summed E-state index contributed by atoms with van der Waals surface area (Å²) in [7, 11) is 0. The monoisotopic (exact) mass is 187 g/mol. The Labute approximate surface area is 82.8 Å². The first-order valence-electron chi connectivity index (χ1n) is 5.32. The molecule has 0 heterocycles. The van der Waals surface area contributed by atoms with Crippen molar-refractivity contribution < 1.29 is 4.74 Å². The van der Waals surface area contributed by atoms with Crippen LogP contribution in [0.25, 0.3) is 0 Å². The molecule has 0 aromatic rings. The van der Waals surface area contributed by atoms with Gasteiger partial charge in [-0.25, -0.2) is 0 Å². The van der Waals surface area contributed by atoms with Gasteiger partial charge in [0.15, 0.2) is 0 Å². The number of rotatable bonds is 6. The van der Waals surface area contributed by atoms with Gasteiger partial charge in [-0.15, -0.1) is 0 Å². The van der Waals surface area contributed by atoms with Gasteiger partial charge >= 0.3 is 0 Å². The van der Waals surface area contributed by atoms with Crippen LogP contribution >= 0.6 is 0 Å². The van der Waals surface area contributed by atoms with E-state index in [9.17, 15) is 0 Å². The van der Waals surface area contributed by atoms with Gasteiger partial charge in [0.05, 0.1) is 6.10 Å². The van der Waals surface area contributed by atoms with Gasteiger partial charge in [0.2, 0.25) is 0 Å². The lowest BCUT2D eigenvalue weighted by molar-refractivity contribution is 0.0614. The molecule has 0 aromatic heterocycles. The smallest absolute Gasteiger partial charge is 0.0518 e.